The summed E-state index contributed by atoms with van der Waals surface area (Å²) in [5.74, 6) is 0.0418. The van der Waals surface area contributed by atoms with Crippen molar-refractivity contribution in [2.75, 3.05) is 26.7 Å². The Bertz CT molecular complexity index is 977. The highest BCUT2D eigenvalue weighted by atomic mass is 35.5. The molecule has 2 N–H and O–H groups in total. The summed E-state index contributed by atoms with van der Waals surface area (Å²) in [5, 5.41) is 6.59. The van der Waals surface area contributed by atoms with Crippen molar-refractivity contribution < 1.29 is 14.3 Å². The molecule has 1 aliphatic heterocycles. The second-order valence-electron chi connectivity index (χ2n) is 8.57. The number of halogens is 2. The standard InChI is InChI=1S/C25H31Cl2N3O3/c1-16(2)23(29-24(31)18-11-10-17(26)14-20(18)27)25(32)28-15-21(30-12-6-7-13-30)19-8-4-5-9-22(19)33-3/h4-5,8-11,14,16,21,23H,6-7,12-13,15H2,1-3H3,(H,28,32)(H,29,31)/t21-,23-/m1/s1. The molecule has 0 saturated carbocycles. The van der Waals surface area contributed by atoms with Gasteiger partial charge in [-0.25, -0.2) is 0 Å². The minimum absolute atomic E-state index is 0.0122. The summed E-state index contributed by atoms with van der Waals surface area (Å²) in [6.45, 7) is 6.15. The van der Waals surface area contributed by atoms with Gasteiger partial charge in [-0.3, -0.25) is 14.5 Å². The van der Waals surface area contributed by atoms with E-state index in [1.54, 1.807) is 19.2 Å². The van der Waals surface area contributed by atoms with Crippen molar-refractivity contribution in [3.63, 3.8) is 0 Å². The summed E-state index contributed by atoms with van der Waals surface area (Å²) in [6, 6.07) is 11.8. The maximum atomic E-state index is 13.2. The summed E-state index contributed by atoms with van der Waals surface area (Å²) in [6.07, 6.45) is 2.26. The minimum atomic E-state index is -0.707. The number of likely N-dealkylation sites (tertiary alicyclic amines) is 1. The van der Waals surface area contributed by atoms with E-state index in [2.05, 4.69) is 15.5 Å². The van der Waals surface area contributed by atoms with Gasteiger partial charge in [0.2, 0.25) is 5.91 Å². The van der Waals surface area contributed by atoms with Crippen molar-refractivity contribution in [3.8, 4) is 5.75 Å². The molecule has 6 nitrogen and oxygen atoms in total. The molecule has 0 unspecified atom stereocenters. The van der Waals surface area contributed by atoms with Crippen molar-refractivity contribution in [1.82, 2.24) is 15.5 Å². The fourth-order valence-electron chi connectivity index (χ4n) is 4.17. The zero-order valence-corrected chi connectivity index (χ0v) is 20.7. The minimum Gasteiger partial charge on any atom is -0.496 e. The summed E-state index contributed by atoms with van der Waals surface area (Å²) >= 11 is 12.1. The van der Waals surface area contributed by atoms with Gasteiger partial charge in [0.1, 0.15) is 11.8 Å². The topological polar surface area (TPSA) is 70.7 Å². The average molecular weight is 492 g/mol. The molecule has 178 valence electrons. The summed E-state index contributed by atoms with van der Waals surface area (Å²) < 4.78 is 5.58. The smallest absolute Gasteiger partial charge is 0.253 e. The first-order valence-corrected chi connectivity index (χ1v) is 12.0. The van der Waals surface area contributed by atoms with Crippen LogP contribution in [-0.4, -0.2) is 49.5 Å². The zero-order valence-electron chi connectivity index (χ0n) is 19.2. The number of hydrogen-bond donors (Lipinski definition) is 2. The number of methoxy groups -OCH3 is 1. The highest BCUT2D eigenvalue weighted by Gasteiger charge is 2.29. The molecule has 2 amide bonds. The molecule has 2 aromatic carbocycles. The average Bonchev–Trinajstić information content (AvgIpc) is 3.32. The molecule has 0 spiro atoms. The first kappa shape index (κ1) is 25.3. The van der Waals surface area contributed by atoms with E-state index >= 15 is 0 Å². The summed E-state index contributed by atoms with van der Waals surface area (Å²) in [4.78, 5) is 28.3. The second kappa shape index (κ2) is 11.7. The molecule has 2 aromatic rings. The monoisotopic (exact) mass is 491 g/mol. The van der Waals surface area contributed by atoms with Gasteiger partial charge in [0, 0.05) is 17.1 Å². The Hall–Kier alpha value is -2.28. The van der Waals surface area contributed by atoms with Crippen LogP contribution in [0.4, 0.5) is 0 Å². The largest absolute Gasteiger partial charge is 0.496 e. The predicted octanol–water partition coefficient (Wildman–Crippen LogP) is 4.71. The summed E-state index contributed by atoms with van der Waals surface area (Å²) in [5.41, 5.74) is 1.32. The maximum Gasteiger partial charge on any atom is 0.253 e. The van der Waals surface area contributed by atoms with Crippen molar-refractivity contribution in [3.05, 3.63) is 63.6 Å². The van der Waals surface area contributed by atoms with Gasteiger partial charge in [0.25, 0.3) is 5.91 Å². The predicted molar refractivity (Wildman–Crippen MR) is 132 cm³/mol. The van der Waals surface area contributed by atoms with Gasteiger partial charge in [-0.05, 0) is 56.1 Å². The molecule has 1 heterocycles. The third-order valence-electron chi connectivity index (χ3n) is 5.96. The van der Waals surface area contributed by atoms with Gasteiger partial charge in [-0.15, -0.1) is 0 Å². The highest BCUT2D eigenvalue weighted by Crippen LogP contribution is 2.31. The molecule has 0 bridgehead atoms. The first-order chi connectivity index (χ1) is 15.8. The van der Waals surface area contributed by atoms with Crippen LogP contribution in [0, 0.1) is 5.92 Å². The van der Waals surface area contributed by atoms with Gasteiger partial charge in [-0.2, -0.15) is 0 Å². The number of ether oxygens (including phenoxy) is 1. The quantitative estimate of drug-likeness (QED) is 0.532. The number of carbonyl (C=O) groups excluding carboxylic acids is 2. The second-order valence-corrected chi connectivity index (χ2v) is 9.41. The maximum absolute atomic E-state index is 13.2. The van der Waals surface area contributed by atoms with Crippen LogP contribution in [0.3, 0.4) is 0 Å². The Kier molecular flexibility index (Phi) is 9.01. The number of hydrogen-bond acceptors (Lipinski definition) is 4. The van der Waals surface area contributed by atoms with E-state index in [4.69, 9.17) is 27.9 Å². The van der Waals surface area contributed by atoms with Crippen LogP contribution in [0.2, 0.25) is 10.0 Å². The van der Waals surface area contributed by atoms with Crippen LogP contribution in [-0.2, 0) is 4.79 Å². The molecule has 8 heteroatoms. The molecule has 33 heavy (non-hydrogen) atoms. The van der Waals surface area contributed by atoms with Crippen LogP contribution < -0.4 is 15.4 Å². The van der Waals surface area contributed by atoms with Crippen molar-refractivity contribution in [2.24, 2.45) is 5.92 Å². The number of para-hydroxylation sites is 1. The number of benzene rings is 2. The number of amides is 2. The van der Waals surface area contributed by atoms with Crippen molar-refractivity contribution in [1.29, 1.82) is 0 Å². The van der Waals surface area contributed by atoms with E-state index in [1.807, 2.05) is 38.1 Å². The third kappa shape index (κ3) is 6.40. The molecular formula is C25H31Cl2N3O3. The number of nitrogens with one attached hydrogen (secondary N) is 2. The van der Waals surface area contributed by atoms with Crippen molar-refractivity contribution in [2.45, 2.75) is 38.8 Å². The molecule has 0 radical (unpaired) electrons. The number of nitrogens with zero attached hydrogens (tertiary/aromatic N) is 1. The van der Waals surface area contributed by atoms with E-state index in [1.165, 1.54) is 6.07 Å². The molecule has 1 aliphatic rings. The Morgan fingerprint density at radius 3 is 2.42 bits per heavy atom. The van der Waals surface area contributed by atoms with Crippen LogP contribution in [0.15, 0.2) is 42.5 Å². The van der Waals surface area contributed by atoms with E-state index < -0.39 is 11.9 Å². The van der Waals surface area contributed by atoms with Gasteiger partial charge >= 0.3 is 0 Å². The molecule has 1 fully saturated rings. The lowest BCUT2D eigenvalue weighted by Gasteiger charge is -2.30. The molecule has 1 saturated heterocycles. The lowest BCUT2D eigenvalue weighted by Crippen LogP contribution is -2.51. The van der Waals surface area contributed by atoms with Crippen LogP contribution in [0.25, 0.3) is 0 Å². The van der Waals surface area contributed by atoms with Gasteiger partial charge in [0.05, 0.1) is 23.7 Å². The van der Waals surface area contributed by atoms with E-state index in [0.29, 0.717) is 11.6 Å². The van der Waals surface area contributed by atoms with Crippen LogP contribution >= 0.6 is 23.2 Å². The Morgan fingerprint density at radius 1 is 1.09 bits per heavy atom. The Morgan fingerprint density at radius 2 is 1.79 bits per heavy atom. The molecule has 0 aliphatic carbocycles. The van der Waals surface area contributed by atoms with E-state index in [9.17, 15) is 9.59 Å². The summed E-state index contributed by atoms with van der Waals surface area (Å²) in [7, 11) is 1.66. The number of rotatable bonds is 9. The fraction of sp³-hybridized carbons (Fsp3) is 0.440. The van der Waals surface area contributed by atoms with Gasteiger partial charge in [-0.1, -0.05) is 55.2 Å². The molecule has 3 rings (SSSR count). The lowest BCUT2D eigenvalue weighted by atomic mass is 10.0. The molecule has 0 aromatic heterocycles. The van der Waals surface area contributed by atoms with E-state index in [0.717, 1.165) is 37.2 Å². The fourth-order valence-corrected chi connectivity index (χ4v) is 4.66. The van der Waals surface area contributed by atoms with Crippen molar-refractivity contribution >= 4 is 35.0 Å². The van der Waals surface area contributed by atoms with Gasteiger partial charge < -0.3 is 15.4 Å². The molecule has 2 atom stereocenters. The normalized spacial score (nSPS) is 15.8. The van der Waals surface area contributed by atoms with Crippen LogP contribution in [0.1, 0.15) is 48.7 Å². The highest BCUT2D eigenvalue weighted by molar-refractivity contribution is 6.36. The van der Waals surface area contributed by atoms with Crippen LogP contribution in [0.5, 0.6) is 5.75 Å². The SMILES string of the molecule is COc1ccccc1[C@@H](CNC(=O)[C@H](NC(=O)c1ccc(Cl)cc1Cl)C(C)C)N1CCCC1. The lowest BCUT2D eigenvalue weighted by molar-refractivity contribution is -0.124. The Labute approximate surface area is 205 Å². The van der Waals surface area contributed by atoms with E-state index in [-0.39, 0.29) is 28.5 Å². The Balaban J connectivity index is 1.73. The molecular weight excluding hydrogens is 461 g/mol. The first-order valence-electron chi connectivity index (χ1n) is 11.2. The third-order valence-corrected chi connectivity index (χ3v) is 6.51. The zero-order chi connectivity index (χ0) is 24.0. The number of carbonyl (C=O) groups is 2. The van der Waals surface area contributed by atoms with Gasteiger partial charge in [0.15, 0.2) is 0 Å².